The monoisotopic (exact) mass is 287 g/mol. The average Bonchev–Trinajstić information content (AvgIpc) is 3.26. The maximum atomic E-state index is 3.82. The predicted molar refractivity (Wildman–Crippen MR) is 91.5 cm³/mol. The molecule has 3 rings (SSSR count). The molecule has 1 aliphatic heterocycles. The maximum Gasteiger partial charge on any atom is 0.0411 e. The summed E-state index contributed by atoms with van der Waals surface area (Å²) in [7, 11) is 4.26. The first kappa shape index (κ1) is 14.7. The first-order valence-corrected chi connectivity index (χ1v) is 8.27. The first-order chi connectivity index (χ1) is 9.99. The number of hydrogen-bond donors (Lipinski definition) is 1. The first-order valence-electron chi connectivity index (χ1n) is 8.27. The van der Waals surface area contributed by atoms with Crippen molar-refractivity contribution in [3.63, 3.8) is 0 Å². The molecule has 0 amide bonds. The fraction of sp³-hybridized carbons (Fsp3) is 0.667. The van der Waals surface area contributed by atoms with Crippen LogP contribution in [0.15, 0.2) is 18.2 Å². The lowest BCUT2D eigenvalue weighted by atomic mass is 9.95. The zero-order chi connectivity index (χ0) is 15.0. The van der Waals surface area contributed by atoms with Gasteiger partial charge in [-0.05, 0) is 63.3 Å². The Labute approximate surface area is 129 Å². The van der Waals surface area contributed by atoms with Gasteiger partial charge >= 0.3 is 0 Å². The van der Waals surface area contributed by atoms with Crippen LogP contribution in [0.25, 0.3) is 0 Å². The molecule has 1 aromatic carbocycles. The molecule has 2 aliphatic rings. The van der Waals surface area contributed by atoms with Crippen LogP contribution < -0.4 is 15.1 Å². The van der Waals surface area contributed by atoms with Gasteiger partial charge in [-0.1, -0.05) is 6.07 Å². The van der Waals surface area contributed by atoms with Crippen LogP contribution in [-0.2, 0) is 0 Å². The van der Waals surface area contributed by atoms with Crippen molar-refractivity contribution in [3.8, 4) is 0 Å². The Bertz CT molecular complexity index is 507. The standard InChI is InChI=1S/C18H29N3/c1-14-6-9-16(12-17(14)20(3)4)21-11-5-10-19-18(2,13-21)15-7-8-15/h6,9,12,15,19H,5,7-8,10-11,13H2,1-4H3. The zero-order valence-corrected chi connectivity index (χ0v) is 13.9. The van der Waals surface area contributed by atoms with E-state index in [0.29, 0.717) is 5.54 Å². The van der Waals surface area contributed by atoms with E-state index >= 15 is 0 Å². The minimum Gasteiger partial charge on any atom is -0.377 e. The summed E-state index contributed by atoms with van der Waals surface area (Å²) in [6, 6.07) is 6.91. The Morgan fingerprint density at radius 3 is 2.71 bits per heavy atom. The molecule has 3 nitrogen and oxygen atoms in total. The second-order valence-electron chi connectivity index (χ2n) is 7.26. The van der Waals surface area contributed by atoms with Gasteiger partial charge in [0.05, 0.1) is 0 Å². The number of nitrogens with one attached hydrogen (secondary N) is 1. The second kappa shape index (κ2) is 5.53. The van der Waals surface area contributed by atoms with Crippen molar-refractivity contribution >= 4 is 11.4 Å². The molecule has 3 heteroatoms. The lowest BCUT2D eigenvalue weighted by Crippen LogP contribution is -2.51. The maximum absolute atomic E-state index is 3.82. The predicted octanol–water partition coefficient (Wildman–Crippen LogP) is 3.03. The molecule has 1 heterocycles. The van der Waals surface area contributed by atoms with Crippen LogP contribution in [0, 0.1) is 12.8 Å². The molecule has 1 unspecified atom stereocenters. The van der Waals surface area contributed by atoms with Crippen molar-refractivity contribution in [2.75, 3.05) is 43.5 Å². The summed E-state index contributed by atoms with van der Waals surface area (Å²) >= 11 is 0. The molecular formula is C18H29N3. The lowest BCUT2D eigenvalue weighted by molar-refractivity contribution is 0.331. The molecule has 116 valence electrons. The van der Waals surface area contributed by atoms with Crippen molar-refractivity contribution in [1.82, 2.24) is 5.32 Å². The smallest absolute Gasteiger partial charge is 0.0411 e. The quantitative estimate of drug-likeness (QED) is 0.922. The van der Waals surface area contributed by atoms with Crippen molar-refractivity contribution in [3.05, 3.63) is 23.8 Å². The van der Waals surface area contributed by atoms with Gasteiger partial charge in [0.25, 0.3) is 0 Å². The summed E-state index contributed by atoms with van der Waals surface area (Å²) in [4.78, 5) is 4.81. The van der Waals surface area contributed by atoms with Crippen LogP contribution in [0.5, 0.6) is 0 Å². The van der Waals surface area contributed by atoms with Crippen LogP contribution in [0.4, 0.5) is 11.4 Å². The molecule has 1 saturated carbocycles. The summed E-state index contributed by atoms with van der Waals surface area (Å²) in [5.41, 5.74) is 4.35. The van der Waals surface area contributed by atoms with Gasteiger partial charge in [-0.25, -0.2) is 0 Å². The van der Waals surface area contributed by atoms with E-state index in [1.807, 2.05) is 0 Å². The minimum atomic E-state index is 0.291. The van der Waals surface area contributed by atoms with Gasteiger partial charge in [0.1, 0.15) is 0 Å². The Kier molecular flexibility index (Phi) is 3.87. The van der Waals surface area contributed by atoms with E-state index < -0.39 is 0 Å². The minimum absolute atomic E-state index is 0.291. The van der Waals surface area contributed by atoms with Gasteiger partial charge < -0.3 is 15.1 Å². The topological polar surface area (TPSA) is 18.5 Å². The van der Waals surface area contributed by atoms with Crippen molar-refractivity contribution in [2.45, 2.75) is 38.6 Å². The molecule has 2 fully saturated rings. The van der Waals surface area contributed by atoms with E-state index in [2.05, 4.69) is 61.3 Å². The van der Waals surface area contributed by atoms with Crippen molar-refractivity contribution in [1.29, 1.82) is 0 Å². The molecule has 0 bridgehead atoms. The highest BCUT2D eigenvalue weighted by Gasteiger charge is 2.43. The Hall–Kier alpha value is -1.22. The third-order valence-corrected chi connectivity index (χ3v) is 5.17. The fourth-order valence-electron chi connectivity index (χ4n) is 3.67. The van der Waals surface area contributed by atoms with E-state index in [0.717, 1.165) is 25.6 Å². The molecule has 0 spiro atoms. The zero-order valence-electron chi connectivity index (χ0n) is 13.9. The van der Waals surface area contributed by atoms with Gasteiger partial charge in [0, 0.05) is 44.1 Å². The van der Waals surface area contributed by atoms with E-state index in [9.17, 15) is 0 Å². The highest BCUT2D eigenvalue weighted by atomic mass is 15.2. The molecule has 1 N–H and O–H groups in total. The molecule has 1 aliphatic carbocycles. The van der Waals surface area contributed by atoms with Gasteiger partial charge in [-0.15, -0.1) is 0 Å². The van der Waals surface area contributed by atoms with E-state index in [1.165, 1.54) is 36.2 Å². The Morgan fingerprint density at radius 2 is 2.05 bits per heavy atom. The van der Waals surface area contributed by atoms with Gasteiger partial charge in [0.15, 0.2) is 0 Å². The number of nitrogens with zero attached hydrogens (tertiary/aromatic N) is 2. The molecule has 1 atom stereocenters. The summed E-state index contributed by atoms with van der Waals surface area (Å²) < 4.78 is 0. The third-order valence-electron chi connectivity index (χ3n) is 5.17. The van der Waals surface area contributed by atoms with E-state index in [1.54, 1.807) is 0 Å². The number of rotatable bonds is 3. The number of benzene rings is 1. The van der Waals surface area contributed by atoms with Gasteiger partial charge in [-0.2, -0.15) is 0 Å². The van der Waals surface area contributed by atoms with Crippen LogP contribution in [0.2, 0.25) is 0 Å². The average molecular weight is 287 g/mol. The van der Waals surface area contributed by atoms with E-state index in [-0.39, 0.29) is 0 Å². The highest BCUT2D eigenvalue weighted by Crippen LogP contribution is 2.41. The Morgan fingerprint density at radius 1 is 1.29 bits per heavy atom. The Balaban J connectivity index is 1.86. The van der Waals surface area contributed by atoms with Crippen LogP contribution in [0.3, 0.4) is 0 Å². The summed E-state index contributed by atoms with van der Waals surface area (Å²) in [5, 5.41) is 3.82. The number of hydrogen-bond acceptors (Lipinski definition) is 3. The fourth-order valence-corrected chi connectivity index (χ4v) is 3.67. The van der Waals surface area contributed by atoms with Crippen LogP contribution in [-0.4, -0.2) is 39.3 Å². The molecule has 1 saturated heterocycles. The van der Waals surface area contributed by atoms with Gasteiger partial charge in [-0.3, -0.25) is 0 Å². The number of anilines is 2. The highest BCUT2D eigenvalue weighted by molar-refractivity contribution is 5.63. The third kappa shape index (κ3) is 3.03. The van der Waals surface area contributed by atoms with Gasteiger partial charge in [0.2, 0.25) is 0 Å². The second-order valence-corrected chi connectivity index (χ2v) is 7.26. The van der Waals surface area contributed by atoms with Crippen LogP contribution in [0.1, 0.15) is 31.7 Å². The molecular weight excluding hydrogens is 258 g/mol. The molecule has 1 aromatic rings. The van der Waals surface area contributed by atoms with Crippen LogP contribution >= 0.6 is 0 Å². The SMILES string of the molecule is Cc1ccc(N2CCCNC(C)(C3CC3)C2)cc1N(C)C. The lowest BCUT2D eigenvalue weighted by Gasteiger charge is -2.35. The summed E-state index contributed by atoms with van der Waals surface area (Å²) in [6.07, 6.45) is 4.02. The van der Waals surface area contributed by atoms with E-state index in [4.69, 9.17) is 0 Å². The normalized spacial score (nSPS) is 26.6. The number of aryl methyl sites for hydroxylation is 1. The summed E-state index contributed by atoms with van der Waals surface area (Å²) in [5.74, 6) is 0.872. The van der Waals surface area contributed by atoms with Crippen molar-refractivity contribution in [2.24, 2.45) is 5.92 Å². The largest absolute Gasteiger partial charge is 0.377 e. The molecule has 21 heavy (non-hydrogen) atoms. The van der Waals surface area contributed by atoms with Crippen molar-refractivity contribution < 1.29 is 0 Å². The molecule has 0 radical (unpaired) electrons. The summed E-state index contributed by atoms with van der Waals surface area (Å²) in [6.45, 7) is 8.05. The molecule has 0 aromatic heterocycles.